The zero-order valence-corrected chi connectivity index (χ0v) is 26.1. The Kier molecular flexibility index (Phi) is 9.32. The summed E-state index contributed by atoms with van der Waals surface area (Å²) in [6.45, 7) is 5.48. The Balaban J connectivity index is 1.65. The average Bonchev–Trinajstić information content (AvgIpc) is 3.23. The van der Waals surface area contributed by atoms with Gasteiger partial charge in [0.25, 0.3) is 0 Å². The molecule has 0 aromatic carbocycles. The first-order valence-corrected chi connectivity index (χ1v) is 15.3. The second-order valence-corrected chi connectivity index (χ2v) is 14.0. The highest BCUT2D eigenvalue weighted by Crippen LogP contribution is 2.73. The number of methoxy groups -OCH3 is 3. The maximum atomic E-state index is 14.1. The van der Waals surface area contributed by atoms with E-state index in [0.29, 0.717) is 32.1 Å². The standard InChI is InChI=1S/C30H49F3O10/c1-25(2)41-14-28-22(43-25)11-18(39-15-36-4)12-27(28,35)9-7-19-23(28)21(40-16-37-5)13-26(3)20(24(34)30(31,32)33)8-10-29(19,26)42-17-38-6/h18-24,34-35H,7-17H2,1-6H3/t18-,19?,20+,21+,22+,23?,24?,26+,27-,28+,29-/m0/s1. The van der Waals surface area contributed by atoms with Crippen molar-refractivity contribution in [2.24, 2.45) is 28.6 Å². The van der Waals surface area contributed by atoms with Crippen molar-refractivity contribution in [2.75, 3.05) is 48.3 Å². The molecule has 10 nitrogen and oxygen atoms in total. The van der Waals surface area contributed by atoms with Gasteiger partial charge < -0.3 is 48.1 Å². The second-order valence-electron chi connectivity index (χ2n) is 14.0. The number of hydrogen-bond donors (Lipinski definition) is 2. The molecule has 0 aromatic heterocycles. The van der Waals surface area contributed by atoms with Crippen molar-refractivity contribution in [2.45, 2.75) is 113 Å². The van der Waals surface area contributed by atoms with Crippen LogP contribution in [0.15, 0.2) is 0 Å². The maximum Gasteiger partial charge on any atom is 0.414 e. The summed E-state index contributed by atoms with van der Waals surface area (Å²) >= 11 is 0. The van der Waals surface area contributed by atoms with Crippen LogP contribution in [-0.2, 0) is 37.9 Å². The lowest BCUT2D eigenvalue weighted by Gasteiger charge is -2.71. The molecule has 0 bridgehead atoms. The van der Waals surface area contributed by atoms with E-state index in [-0.39, 0.29) is 51.8 Å². The van der Waals surface area contributed by atoms with Crippen LogP contribution >= 0.6 is 0 Å². The summed E-state index contributed by atoms with van der Waals surface area (Å²) < 4.78 is 90.0. The molecule has 43 heavy (non-hydrogen) atoms. The topological polar surface area (TPSA) is 114 Å². The number of fused-ring (bicyclic) bond motifs is 3. The van der Waals surface area contributed by atoms with E-state index < -0.39 is 64.1 Å². The normalized spacial score (nSPS) is 46.4. The molecule has 5 aliphatic rings. The molecule has 0 aromatic rings. The van der Waals surface area contributed by atoms with Gasteiger partial charge in [-0.1, -0.05) is 6.92 Å². The van der Waals surface area contributed by atoms with Crippen molar-refractivity contribution in [3.63, 3.8) is 0 Å². The molecule has 11 atom stereocenters. The van der Waals surface area contributed by atoms with Gasteiger partial charge in [0, 0.05) is 51.4 Å². The van der Waals surface area contributed by atoms with Crippen molar-refractivity contribution in [1.82, 2.24) is 0 Å². The molecule has 13 heteroatoms. The van der Waals surface area contributed by atoms with Gasteiger partial charge in [-0.3, -0.25) is 0 Å². The predicted octanol–water partition coefficient (Wildman–Crippen LogP) is 3.76. The van der Waals surface area contributed by atoms with Gasteiger partial charge in [0.05, 0.1) is 41.5 Å². The third kappa shape index (κ3) is 5.27. The quantitative estimate of drug-likeness (QED) is 0.348. The Morgan fingerprint density at radius 3 is 2.26 bits per heavy atom. The molecule has 5 rings (SSSR count). The van der Waals surface area contributed by atoms with Crippen molar-refractivity contribution < 1.29 is 61.3 Å². The molecule has 0 amide bonds. The number of hydrogen-bond acceptors (Lipinski definition) is 10. The van der Waals surface area contributed by atoms with Gasteiger partial charge in [-0.25, -0.2) is 0 Å². The van der Waals surface area contributed by atoms with Crippen LogP contribution in [0.4, 0.5) is 13.2 Å². The van der Waals surface area contributed by atoms with Gasteiger partial charge in [-0.2, -0.15) is 13.2 Å². The van der Waals surface area contributed by atoms with Crippen molar-refractivity contribution in [1.29, 1.82) is 0 Å². The van der Waals surface area contributed by atoms with Crippen molar-refractivity contribution in [3.8, 4) is 0 Å². The van der Waals surface area contributed by atoms with Gasteiger partial charge in [-0.15, -0.1) is 0 Å². The SMILES string of the molecule is COCO[C@H]1C[C@H]2OC(C)(C)OC[C@]23C2C(CC[C@]3(O)C1)[C@@]1(OCOC)CC[C@H](C(O)C(F)(F)F)[C@@]1(C)C[C@H]2OCOC. The van der Waals surface area contributed by atoms with Crippen LogP contribution in [0.1, 0.15) is 65.7 Å². The van der Waals surface area contributed by atoms with Gasteiger partial charge in [0.2, 0.25) is 0 Å². The lowest BCUT2D eigenvalue weighted by molar-refractivity contribution is -0.409. The summed E-state index contributed by atoms with van der Waals surface area (Å²) in [5.74, 6) is -2.85. The number of aliphatic hydroxyl groups is 2. The third-order valence-corrected chi connectivity index (χ3v) is 11.7. The maximum absolute atomic E-state index is 14.1. The van der Waals surface area contributed by atoms with Crippen LogP contribution in [0.3, 0.4) is 0 Å². The van der Waals surface area contributed by atoms with Gasteiger partial charge in [-0.05, 0) is 51.9 Å². The molecule has 1 spiro atoms. The summed E-state index contributed by atoms with van der Waals surface area (Å²) in [7, 11) is 4.52. The Hall–Kier alpha value is -0.610. The van der Waals surface area contributed by atoms with Crippen LogP contribution in [0.25, 0.3) is 0 Å². The highest BCUT2D eigenvalue weighted by molar-refractivity contribution is 5.26. The van der Waals surface area contributed by atoms with E-state index in [1.165, 1.54) is 14.2 Å². The largest absolute Gasteiger partial charge is 0.414 e. The van der Waals surface area contributed by atoms with E-state index in [0.717, 1.165) is 0 Å². The summed E-state index contributed by atoms with van der Waals surface area (Å²) in [4.78, 5) is 0. The minimum absolute atomic E-state index is 0.0707. The molecule has 5 fully saturated rings. The molecule has 4 aliphatic carbocycles. The van der Waals surface area contributed by atoms with Gasteiger partial charge >= 0.3 is 6.18 Å². The molecule has 1 heterocycles. The summed E-state index contributed by atoms with van der Waals surface area (Å²) in [5.41, 5.74) is -4.49. The van der Waals surface area contributed by atoms with Crippen molar-refractivity contribution in [3.05, 3.63) is 0 Å². The molecule has 4 saturated carbocycles. The Morgan fingerprint density at radius 1 is 0.930 bits per heavy atom. The number of rotatable bonds is 10. The predicted molar refractivity (Wildman–Crippen MR) is 144 cm³/mol. The molecule has 1 aliphatic heterocycles. The zero-order chi connectivity index (χ0) is 31.5. The molecule has 3 unspecified atom stereocenters. The molecule has 1 saturated heterocycles. The van der Waals surface area contributed by atoms with Crippen LogP contribution in [0, 0.1) is 28.6 Å². The first-order valence-electron chi connectivity index (χ1n) is 15.3. The highest BCUT2D eigenvalue weighted by atomic mass is 19.4. The average molecular weight is 627 g/mol. The van der Waals surface area contributed by atoms with Crippen molar-refractivity contribution >= 4 is 0 Å². The van der Waals surface area contributed by atoms with Gasteiger partial charge in [0.15, 0.2) is 11.9 Å². The molecule has 2 N–H and O–H groups in total. The van der Waals surface area contributed by atoms with E-state index >= 15 is 0 Å². The smallest absolute Gasteiger partial charge is 0.389 e. The first kappa shape index (κ1) is 33.7. The Labute approximate surface area is 251 Å². The zero-order valence-electron chi connectivity index (χ0n) is 26.1. The summed E-state index contributed by atoms with van der Waals surface area (Å²) in [6, 6.07) is 0. The number of alkyl halides is 3. The second kappa shape index (κ2) is 11.9. The fraction of sp³-hybridized carbons (Fsp3) is 1.00. The van der Waals surface area contributed by atoms with Crippen LogP contribution in [0.2, 0.25) is 0 Å². The fourth-order valence-corrected chi connectivity index (χ4v) is 10.1. The van der Waals surface area contributed by atoms with Gasteiger partial charge in [0.1, 0.15) is 20.4 Å². The van der Waals surface area contributed by atoms with E-state index in [9.17, 15) is 23.4 Å². The lowest BCUT2D eigenvalue weighted by Crippen LogP contribution is -2.78. The van der Waals surface area contributed by atoms with Crippen LogP contribution in [0.5, 0.6) is 0 Å². The molecule has 250 valence electrons. The van der Waals surface area contributed by atoms with E-state index in [1.807, 2.05) is 13.8 Å². The first-order chi connectivity index (χ1) is 20.1. The molecular formula is C30H49F3O10. The minimum atomic E-state index is -4.79. The number of aliphatic hydroxyl groups excluding tert-OH is 1. The number of ether oxygens (including phenoxy) is 8. The van der Waals surface area contributed by atoms with Crippen LogP contribution in [-0.4, -0.2) is 106 Å². The minimum Gasteiger partial charge on any atom is -0.389 e. The molecule has 0 radical (unpaired) electrons. The van der Waals surface area contributed by atoms with Crippen LogP contribution < -0.4 is 0 Å². The Bertz CT molecular complexity index is 984. The van der Waals surface area contributed by atoms with E-state index in [4.69, 9.17) is 37.9 Å². The fourth-order valence-electron chi connectivity index (χ4n) is 10.1. The summed E-state index contributed by atoms with van der Waals surface area (Å²) in [6.07, 6.45) is -6.66. The lowest BCUT2D eigenvalue weighted by atomic mass is 9.40. The summed E-state index contributed by atoms with van der Waals surface area (Å²) in [5, 5.41) is 23.4. The number of halogens is 3. The Morgan fingerprint density at radius 2 is 1.60 bits per heavy atom. The van der Waals surface area contributed by atoms with E-state index in [2.05, 4.69) is 0 Å². The third-order valence-electron chi connectivity index (χ3n) is 11.7. The highest BCUT2D eigenvalue weighted by Gasteiger charge is 2.78. The molecular weight excluding hydrogens is 577 g/mol. The van der Waals surface area contributed by atoms with E-state index in [1.54, 1.807) is 14.0 Å². The monoisotopic (exact) mass is 626 g/mol.